The highest BCUT2D eigenvalue weighted by atomic mass is 32.2. The average molecular weight is 488 g/mol. The van der Waals surface area contributed by atoms with Crippen LogP contribution in [0.2, 0.25) is 0 Å². The lowest BCUT2D eigenvalue weighted by atomic mass is 9.77. The number of nitrogens with zero attached hydrogens (tertiary/aromatic N) is 5. The van der Waals surface area contributed by atoms with Crippen molar-refractivity contribution >= 4 is 38.6 Å². The Morgan fingerprint density at radius 3 is 2.80 bits per heavy atom. The van der Waals surface area contributed by atoms with Crippen molar-refractivity contribution in [2.24, 2.45) is 4.36 Å². The molecule has 1 atom stereocenters. The lowest BCUT2D eigenvalue weighted by Crippen LogP contribution is -2.33. The van der Waals surface area contributed by atoms with Gasteiger partial charge in [-0.25, -0.2) is 9.19 Å². The van der Waals surface area contributed by atoms with Gasteiger partial charge in [-0.1, -0.05) is 6.07 Å². The molecule has 8 nitrogen and oxygen atoms in total. The number of anilines is 4. The van der Waals surface area contributed by atoms with Crippen molar-refractivity contribution in [2.45, 2.75) is 31.7 Å². The summed E-state index contributed by atoms with van der Waals surface area (Å²) in [5, 5.41) is 16.1. The molecular formula is C26H29N7OS. The fourth-order valence-electron chi connectivity index (χ4n) is 5.09. The van der Waals surface area contributed by atoms with E-state index in [1.54, 1.807) is 24.6 Å². The molecule has 9 heteroatoms. The van der Waals surface area contributed by atoms with Gasteiger partial charge < -0.3 is 15.5 Å². The summed E-state index contributed by atoms with van der Waals surface area (Å²) in [7, 11) is -0.0988. The highest BCUT2D eigenvalue weighted by molar-refractivity contribution is 7.92. The summed E-state index contributed by atoms with van der Waals surface area (Å²) >= 11 is 0. The molecule has 1 aliphatic heterocycles. The number of benzene rings is 2. The molecule has 180 valence electrons. The largest absolute Gasteiger partial charge is 0.339 e. The van der Waals surface area contributed by atoms with Crippen LogP contribution in [0.5, 0.6) is 0 Å². The minimum Gasteiger partial charge on any atom is -0.339 e. The Morgan fingerprint density at radius 1 is 1.17 bits per heavy atom. The van der Waals surface area contributed by atoms with E-state index in [1.807, 2.05) is 12.1 Å². The molecule has 5 rings (SSSR count). The van der Waals surface area contributed by atoms with Gasteiger partial charge in [-0.15, -0.1) is 0 Å². The molecule has 1 aromatic heterocycles. The van der Waals surface area contributed by atoms with E-state index in [0.29, 0.717) is 34.6 Å². The van der Waals surface area contributed by atoms with Crippen LogP contribution in [0.1, 0.15) is 41.0 Å². The zero-order valence-corrected chi connectivity index (χ0v) is 21.0. The summed E-state index contributed by atoms with van der Waals surface area (Å²) in [6.07, 6.45) is 8.28. The molecule has 2 aliphatic rings. The van der Waals surface area contributed by atoms with Crippen molar-refractivity contribution in [3.8, 4) is 6.07 Å². The summed E-state index contributed by atoms with van der Waals surface area (Å²) in [4.78, 5) is 11.4. The van der Waals surface area contributed by atoms with Crippen LogP contribution in [-0.2, 0) is 22.7 Å². The first-order valence-corrected chi connectivity index (χ1v) is 14.0. The highest BCUT2D eigenvalue weighted by Gasteiger charge is 2.29. The molecule has 0 bridgehead atoms. The molecule has 2 N–H and O–H groups in total. The van der Waals surface area contributed by atoms with E-state index in [0.717, 1.165) is 25.2 Å². The molecule has 2 aromatic carbocycles. The predicted molar refractivity (Wildman–Crippen MR) is 140 cm³/mol. The van der Waals surface area contributed by atoms with Gasteiger partial charge in [0.25, 0.3) is 0 Å². The Morgan fingerprint density at radius 2 is 2.00 bits per heavy atom. The third-order valence-electron chi connectivity index (χ3n) is 6.33. The Labute approximate surface area is 206 Å². The maximum absolute atomic E-state index is 12.1. The molecule has 0 saturated heterocycles. The Kier molecular flexibility index (Phi) is 6.17. The average Bonchev–Trinajstić information content (AvgIpc) is 2.78. The molecule has 1 aliphatic carbocycles. The first kappa shape index (κ1) is 23.3. The Hall–Kier alpha value is -3.48. The van der Waals surface area contributed by atoms with Crippen molar-refractivity contribution in [3.05, 3.63) is 64.8 Å². The standard InChI is InChI=1S/C26H29N7OS/c1-33-15-18-7-4-6-17-10-23(11-19(16-33)24(17)18)30-26-28-14-20(13-27)25(31-26)29-21-8-5-9-22(12-21)32-35(2,3)34/h5,8-12,14,18H,4,6-7,15-16H2,1-3H3,(H2,28,29,30,31). The molecule has 3 aromatic rings. The zero-order valence-electron chi connectivity index (χ0n) is 20.2. The van der Waals surface area contributed by atoms with Crippen molar-refractivity contribution < 1.29 is 4.21 Å². The molecule has 0 amide bonds. The van der Waals surface area contributed by atoms with Crippen molar-refractivity contribution in [3.63, 3.8) is 0 Å². The minimum absolute atomic E-state index is 0.331. The first-order chi connectivity index (χ1) is 16.8. The summed E-state index contributed by atoms with van der Waals surface area (Å²) in [6.45, 7) is 2.07. The topological polar surface area (TPSA) is 106 Å². The number of nitriles is 1. The number of aromatic nitrogens is 2. The zero-order chi connectivity index (χ0) is 24.6. The molecule has 0 fully saturated rings. The van der Waals surface area contributed by atoms with Crippen LogP contribution in [0.15, 0.2) is 47.0 Å². The molecular weight excluding hydrogens is 458 g/mol. The van der Waals surface area contributed by atoms with Gasteiger partial charge in [0.1, 0.15) is 11.6 Å². The van der Waals surface area contributed by atoms with E-state index < -0.39 is 9.73 Å². The third kappa shape index (κ3) is 5.29. The monoisotopic (exact) mass is 487 g/mol. The minimum atomic E-state index is -2.28. The Bertz CT molecular complexity index is 1440. The third-order valence-corrected chi connectivity index (χ3v) is 6.98. The van der Waals surface area contributed by atoms with E-state index in [2.05, 4.69) is 55.1 Å². The lowest BCUT2D eigenvalue weighted by Gasteiger charge is -2.37. The van der Waals surface area contributed by atoms with Crippen LogP contribution in [0.25, 0.3) is 0 Å². The molecule has 0 spiro atoms. The normalized spacial score (nSPS) is 17.3. The van der Waals surface area contributed by atoms with E-state index in [1.165, 1.54) is 35.7 Å². The molecule has 0 saturated carbocycles. The van der Waals surface area contributed by atoms with Gasteiger partial charge >= 0.3 is 0 Å². The van der Waals surface area contributed by atoms with Crippen LogP contribution in [0, 0.1) is 11.3 Å². The fourth-order valence-corrected chi connectivity index (χ4v) is 5.71. The Balaban J connectivity index is 1.44. The van der Waals surface area contributed by atoms with Crippen LogP contribution in [0.4, 0.5) is 28.8 Å². The lowest BCUT2D eigenvalue weighted by molar-refractivity contribution is 0.266. The van der Waals surface area contributed by atoms with E-state index >= 15 is 0 Å². The van der Waals surface area contributed by atoms with Gasteiger partial charge in [0, 0.05) is 46.7 Å². The number of aryl methyl sites for hydroxylation is 1. The fraction of sp³-hybridized carbons (Fsp3) is 0.346. The van der Waals surface area contributed by atoms with E-state index in [9.17, 15) is 9.47 Å². The van der Waals surface area contributed by atoms with Gasteiger partial charge in [0.15, 0.2) is 5.82 Å². The highest BCUT2D eigenvalue weighted by Crippen LogP contribution is 2.40. The maximum Gasteiger partial charge on any atom is 0.229 e. The van der Waals surface area contributed by atoms with Crippen molar-refractivity contribution in [1.29, 1.82) is 5.26 Å². The van der Waals surface area contributed by atoms with Crippen LogP contribution < -0.4 is 10.6 Å². The van der Waals surface area contributed by atoms with Gasteiger partial charge in [-0.2, -0.15) is 14.6 Å². The van der Waals surface area contributed by atoms with Crippen LogP contribution in [0.3, 0.4) is 0 Å². The smallest absolute Gasteiger partial charge is 0.229 e. The van der Waals surface area contributed by atoms with Gasteiger partial charge in [-0.3, -0.25) is 0 Å². The van der Waals surface area contributed by atoms with Crippen molar-refractivity contribution in [2.75, 3.05) is 36.7 Å². The second-order valence-electron chi connectivity index (χ2n) is 9.63. The summed E-state index contributed by atoms with van der Waals surface area (Å²) in [5.41, 5.74) is 6.93. The van der Waals surface area contributed by atoms with Gasteiger partial charge in [-0.05, 0) is 79.3 Å². The predicted octanol–water partition coefficient (Wildman–Crippen LogP) is 5.06. The number of rotatable bonds is 5. The molecule has 0 radical (unpaired) electrons. The second kappa shape index (κ2) is 9.29. The van der Waals surface area contributed by atoms with Gasteiger partial charge in [0.05, 0.1) is 11.9 Å². The first-order valence-electron chi connectivity index (χ1n) is 11.7. The van der Waals surface area contributed by atoms with Crippen LogP contribution in [-0.4, -0.2) is 45.2 Å². The van der Waals surface area contributed by atoms with E-state index in [-0.39, 0.29) is 0 Å². The quantitative estimate of drug-likeness (QED) is 0.518. The van der Waals surface area contributed by atoms with Crippen LogP contribution >= 0.6 is 0 Å². The summed E-state index contributed by atoms with van der Waals surface area (Å²) in [5.74, 6) is 1.44. The summed E-state index contributed by atoms with van der Waals surface area (Å²) in [6, 6.07) is 13.8. The van der Waals surface area contributed by atoms with Crippen molar-refractivity contribution in [1.82, 2.24) is 14.9 Å². The second-order valence-corrected chi connectivity index (χ2v) is 12.2. The molecule has 2 heterocycles. The number of nitrogens with one attached hydrogen (secondary N) is 2. The number of hydrogen-bond acceptors (Lipinski definition) is 8. The van der Waals surface area contributed by atoms with E-state index in [4.69, 9.17) is 0 Å². The molecule has 35 heavy (non-hydrogen) atoms. The summed E-state index contributed by atoms with van der Waals surface area (Å²) < 4.78 is 16.3. The van der Waals surface area contributed by atoms with Gasteiger partial charge in [0.2, 0.25) is 5.95 Å². The number of hydrogen-bond donors (Lipinski definition) is 2. The number of likely N-dealkylation sites (N-methyl/N-ethyl adjacent to an activating group) is 1. The molecule has 1 unspecified atom stereocenters. The SMILES string of the molecule is CN1Cc2cc(Nc3ncc(C#N)c(Nc4cccc(N=S(C)(C)=O)c4)n3)cc3c2C(CCC3)C1. The maximum atomic E-state index is 12.1.